The molecule has 0 radical (unpaired) electrons. The van der Waals surface area contributed by atoms with E-state index in [1.807, 2.05) is 0 Å². The lowest BCUT2D eigenvalue weighted by atomic mass is 9.71. The van der Waals surface area contributed by atoms with Crippen LogP contribution in [0, 0.1) is 11.6 Å². The second kappa shape index (κ2) is 10.5. The van der Waals surface area contributed by atoms with E-state index < -0.39 is 82.2 Å². The highest BCUT2D eigenvalue weighted by Gasteiger charge is 2.54. The molecule has 0 fully saturated rings. The van der Waals surface area contributed by atoms with E-state index in [1.165, 1.54) is 24.3 Å². The fourth-order valence-corrected chi connectivity index (χ4v) is 3.91. The van der Waals surface area contributed by atoms with Crippen molar-refractivity contribution in [3.8, 4) is 22.6 Å². The first-order valence-corrected chi connectivity index (χ1v) is 11.1. The van der Waals surface area contributed by atoms with Crippen molar-refractivity contribution in [3.05, 3.63) is 95.0 Å². The van der Waals surface area contributed by atoms with Crippen LogP contribution in [0.25, 0.3) is 11.1 Å². The van der Waals surface area contributed by atoms with Gasteiger partial charge in [0.15, 0.2) is 23.1 Å². The van der Waals surface area contributed by atoms with Crippen LogP contribution in [0.5, 0.6) is 11.5 Å². The normalized spacial score (nSPS) is 23.2. The summed E-state index contributed by atoms with van der Waals surface area (Å²) in [6, 6.07) is 7.50. The van der Waals surface area contributed by atoms with Crippen molar-refractivity contribution >= 4 is 0 Å². The molecule has 0 spiro atoms. The molecule has 2 aromatic carbocycles. The average molecular weight is 580 g/mol. The maximum Gasteiger partial charge on any atom is 0.419 e. The zero-order valence-corrected chi connectivity index (χ0v) is 19.9. The van der Waals surface area contributed by atoms with Gasteiger partial charge in [0.1, 0.15) is 22.7 Å². The molecule has 216 valence electrons. The molecule has 14 heteroatoms. The SMILES string of the molecule is OC1=CCC(O)(C2(O)C=CC(O)=C(C(F)(F)F)C2)C=C1C(F)(F)F.Oc1ccc(-c2ccc(O)c(F)c2)cc1F. The highest BCUT2D eigenvalue weighted by molar-refractivity contribution is 5.65. The summed E-state index contributed by atoms with van der Waals surface area (Å²) in [4.78, 5) is 0. The third-order valence-electron chi connectivity index (χ3n) is 6.16. The number of phenolic OH excluding ortho intramolecular Hbond substituents is 2. The predicted molar refractivity (Wildman–Crippen MR) is 124 cm³/mol. The largest absolute Gasteiger partial charge is 0.508 e. The van der Waals surface area contributed by atoms with Crippen LogP contribution in [0.3, 0.4) is 0 Å². The standard InChI is InChI=1S/C14H12F6O4.C12H8F2O2/c15-13(16,17)7-5-11(23,3-1-9(7)21)12(24)4-2-10(22)8(6-12)14(18,19)20;13-9-5-7(1-3-11(9)15)8-2-4-12(16)10(14)6-8/h1-3,6,21-24H,4-5H2;1-6,15-16H. The Kier molecular flexibility index (Phi) is 8.01. The number of allylic oxidation sites excluding steroid dienone is 2. The lowest BCUT2D eigenvalue weighted by Crippen LogP contribution is -2.54. The fourth-order valence-electron chi connectivity index (χ4n) is 3.91. The molecule has 2 aromatic rings. The molecule has 2 atom stereocenters. The van der Waals surface area contributed by atoms with Gasteiger partial charge in [-0.05, 0) is 59.7 Å². The van der Waals surface area contributed by atoms with Gasteiger partial charge in [0.05, 0.1) is 11.1 Å². The molecule has 0 bridgehead atoms. The number of hydrogen-bond donors (Lipinski definition) is 6. The predicted octanol–water partition coefficient (Wildman–Crippen LogP) is 6.16. The number of halogens is 8. The van der Waals surface area contributed by atoms with E-state index >= 15 is 0 Å². The number of rotatable bonds is 2. The van der Waals surface area contributed by atoms with Gasteiger partial charge in [-0.25, -0.2) is 8.78 Å². The van der Waals surface area contributed by atoms with Crippen molar-refractivity contribution in [2.24, 2.45) is 0 Å². The van der Waals surface area contributed by atoms with Gasteiger partial charge in [-0.3, -0.25) is 0 Å². The van der Waals surface area contributed by atoms with Gasteiger partial charge in [-0.1, -0.05) is 12.1 Å². The number of aliphatic hydroxyl groups is 4. The van der Waals surface area contributed by atoms with E-state index in [0.717, 1.165) is 12.1 Å². The highest BCUT2D eigenvalue weighted by Crippen LogP contribution is 2.47. The van der Waals surface area contributed by atoms with Crippen molar-refractivity contribution in [3.63, 3.8) is 0 Å². The van der Waals surface area contributed by atoms with Gasteiger partial charge < -0.3 is 30.6 Å². The lowest BCUT2D eigenvalue weighted by molar-refractivity contribution is -0.130. The molecule has 0 amide bonds. The smallest absolute Gasteiger partial charge is 0.419 e. The molecule has 6 nitrogen and oxygen atoms in total. The van der Waals surface area contributed by atoms with Crippen LogP contribution in [-0.4, -0.2) is 54.2 Å². The summed E-state index contributed by atoms with van der Waals surface area (Å²) in [5.41, 5.74) is -7.94. The minimum Gasteiger partial charge on any atom is -0.508 e. The molecular weight excluding hydrogens is 560 g/mol. The van der Waals surface area contributed by atoms with Crippen LogP contribution in [0.4, 0.5) is 35.1 Å². The van der Waals surface area contributed by atoms with Crippen LogP contribution in [0.1, 0.15) is 12.8 Å². The fraction of sp³-hybridized carbons (Fsp3) is 0.231. The van der Waals surface area contributed by atoms with E-state index in [9.17, 15) is 55.5 Å². The number of alkyl halides is 6. The molecule has 40 heavy (non-hydrogen) atoms. The monoisotopic (exact) mass is 580 g/mol. The summed E-state index contributed by atoms with van der Waals surface area (Å²) in [6.07, 6.45) is -10.6. The van der Waals surface area contributed by atoms with E-state index in [2.05, 4.69) is 0 Å². The molecule has 0 aromatic heterocycles. The summed E-state index contributed by atoms with van der Waals surface area (Å²) in [5, 5.41) is 57.3. The van der Waals surface area contributed by atoms with E-state index in [4.69, 9.17) is 10.2 Å². The Morgan fingerprint density at radius 3 is 1.62 bits per heavy atom. The summed E-state index contributed by atoms with van der Waals surface area (Å²) in [5.74, 6) is -4.86. The van der Waals surface area contributed by atoms with Gasteiger partial charge in [-0.15, -0.1) is 0 Å². The first kappa shape index (κ1) is 30.5. The van der Waals surface area contributed by atoms with Gasteiger partial charge in [-0.2, -0.15) is 26.3 Å². The number of benzene rings is 2. The summed E-state index contributed by atoms with van der Waals surface area (Å²) >= 11 is 0. The van der Waals surface area contributed by atoms with Crippen LogP contribution in [0.15, 0.2) is 83.4 Å². The molecule has 0 saturated carbocycles. The molecule has 2 unspecified atom stereocenters. The van der Waals surface area contributed by atoms with Gasteiger partial charge in [0.25, 0.3) is 0 Å². The van der Waals surface area contributed by atoms with E-state index in [1.54, 1.807) is 0 Å². The Bertz CT molecular complexity index is 1370. The quantitative estimate of drug-likeness (QED) is 0.237. The van der Waals surface area contributed by atoms with Crippen LogP contribution >= 0.6 is 0 Å². The Balaban J connectivity index is 0.000000238. The first-order chi connectivity index (χ1) is 18.3. The average Bonchev–Trinajstić information content (AvgIpc) is 2.85. The van der Waals surface area contributed by atoms with Crippen molar-refractivity contribution in [2.75, 3.05) is 0 Å². The molecule has 6 N–H and O–H groups in total. The number of phenols is 2. The van der Waals surface area contributed by atoms with Crippen molar-refractivity contribution < 1.29 is 65.8 Å². The summed E-state index contributed by atoms with van der Waals surface area (Å²) < 4.78 is 103. The Morgan fingerprint density at radius 1 is 0.700 bits per heavy atom. The Hall–Kier alpha value is -4.04. The van der Waals surface area contributed by atoms with Gasteiger partial charge in [0.2, 0.25) is 0 Å². The zero-order valence-electron chi connectivity index (χ0n) is 19.9. The Morgan fingerprint density at radius 2 is 1.20 bits per heavy atom. The van der Waals surface area contributed by atoms with Crippen LogP contribution < -0.4 is 0 Å². The van der Waals surface area contributed by atoms with E-state index in [0.29, 0.717) is 29.4 Å². The molecule has 2 aliphatic carbocycles. The maximum atomic E-state index is 13.1. The molecule has 0 saturated heterocycles. The summed E-state index contributed by atoms with van der Waals surface area (Å²) in [6.45, 7) is 0. The van der Waals surface area contributed by atoms with Crippen molar-refractivity contribution in [1.82, 2.24) is 0 Å². The molecule has 0 heterocycles. The number of aromatic hydroxyl groups is 2. The zero-order chi connectivity index (χ0) is 30.3. The van der Waals surface area contributed by atoms with Gasteiger partial charge >= 0.3 is 12.4 Å². The highest BCUT2D eigenvalue weighted by atomic mass is 19.4. The van der Waals surface area contributed by atoms with Crippen molar-refractivity contribution in [2.45, 2.75) is 36.4 Å². The summed E-state index contributed by atoms with van der Waals surface area (Å²) in [7, 11) is 0. The van der Waals surface area contributed by atoms with Crippen LogP contribution in [-0.2, 0) is 0 Å². The third kappa shape index (κ3) is 6.23. The molecule has 2 aliphatic rings. The molecular formula is C26H20F8O6. The molecule has 0 aliphatic heterocycles. The van der Waals surface area contributed by atoms with Crippen LogP contribution in [0.2, 0.25) is 0 Å². The first-order valence-electron chi connectivity index (χ1n) is 11.1. The number of hydrogen-bond acceptors (Lipinski definition) is 6. The minimum atomic E-state index is -5.09. The maximum absolute atomic E-state index is 13.1. The van der Waals surface area contributed by atoms with E-state index in [-0.39, 0.29) is 6.08 Å². The topological polar surface area (TPSA) is 121 Å². The third-order valence-corrected chi connectivity index (χ3v) is 6.16. The molecule has 4 rings (SSSR count). The Labute approximate surface area is 220 Å². The second-order valence-electron chi connectivity index (χ2n) is 8.90. The van der Waals surface area contributed by atoms with Crippen molar-refractivity contribution in [1.29, 1.82) is 0 Å². The lowest BCUT2D eigenvalue weighted by Gasteiger charge is -2.43. The minimum absolute atomic E-state index is 0.0863. The second-order valence-corrected chi connectivity index (χ2v) is 8.90. The number of aliphatic hydroxyl groups excluding tert-OH is 2. The van der Waals surface area contributed by atoms with Gasteiger partial charge in [0, 0.05) is 12.8 Å².